The van der Waals surface area contributed by atoms with Crippen LogP contribution in [0.15, 0.2) is 52.4 Å². The van der Waals surface area contributed by atoms with Crippen molar-refractivity contribution >= 4 is 22.8 Å². The molecule has 45 heavy (non-hydrogen) atoms. The van der Waals surface area contributed by atoms with Gasteiger partial charge in [0, 0.05) is 0 Å². The number of rotatable bonds is 16. The van der Waals surface area contributed by atoms with Gasteiger partial charge >= 0.3 is 17.1 Å². The minimum atomic E-state index is 0. The molecule has 0 N–H and O–H groups in total. The second-order valence-electron chi connectivity index (χ2n) is 12.1. The normalized spacial score (nSPS) is 11.5. The molecular formula is C39H55Cl2FeN3. The van der Waals surface area contributed by atoms with E-state index in [1.165, 1.54) is 96.1 Å². The number of halogens is 2. The predicted molar refractivity (Wildman–Crippen MR) is 185 cm³/mol. The van der Waals surface area contributed by atoms with Crippen LogP contribution in [-0.2, 0) is 42.8 Å². The first-order valence-electron chi connectivity index (χ1n) is 16.6. The molecule has 0 bridgehead atoms. The zero-order valence-electron chi connectivity index (χ0n) is 29.0. The van der Waals surface area contributed by atoms with Crippen LogP contribution in [0.25, 0.3) is 0 Å². The zero-order valence-corrected chi connectivity index (χ0v) is 31.6. The van der Waals surface area contributed by atoms with Gasteiger partial charge in [0.25, 0.3) is 0 Å². The van der Waals surface area contributed by atoms with Crippen molar-refractivity contribution in [3.05, 3.63) is 87.2 Å². The molecule has 3 nitrogen and oxygen atoms in total. The molecule has 0 fully saturated rings. The molecule has 0 saturated carbocycles. The monoisotopic (exact) mass is 691 g/mol. The number of aryl methyl sites for hydroxylation is 6. The third kappa shape index (κ3) is 13.0. The van der Waals surface area contributed by atoms with E-state index in [1.54, 1.807) is 0 Å². The molecule has 0 aliphatic carbocycles. The van der Waals surface area contributed by atoms with E-state index in [2.05, 4.69) is 97.9 Å². The Kier molecular flexibility index (Phi) is 21.6. The Morgan fingerprint density at radius 2 is 0.844 bits per heavy atom. The minimum absolute atomic E-state index is 0. The van der Waals surface area contributed by atoms with Crippen LogP contribution >= 0.6 is 0 Å². The summed E-state index contributed by atoms with van der Waals surface area (Å²) in [7, 11) is 0. The van der Waals surface area contributed by atoms with E-state index in [-0.39, 0.29) is 41.9 Å². The minimum Gasteiger partial charge on any atom is -1.00 e. The van der Waals surface area contributed by atoms with Crippen LogP contribution in [0.5, 0.6) is 0 Å². The third-order valence-corrected chi connectivity index (χ3v) is 8.07. The zero-order chi connectivity index (χ0) is 30.5. The summed E-state index contributed by atoms with van der Waals surface area (Å²) in [5.74, 6) is 0. The Bertz CT molecular complexity index is 1220. The van der Waals surface area contributed by atoms with Crippen molar-refractivity contribution in [3.8, 4) is 0 Å². The van der Waals surface area contributed by atoms with E-state index < -0.39 is 0 Å². The number of pyridine rings is 1. The Morgan fingerprint density at radius 3 is 1.11 bits per heavy atom. The van der Waals surface area contributed by atoms with Gasteiger partial charge in [-0.1, -0.05) is 94.8 Å². The third-order valence-electron chi connectivity index (χ3n) is 8.07. The molecule has 0 aliphatic rings. The SMILES string of the molecule is CCCCc1cc(C)cc(CCCC)c1N=C(C)c1cccc(C(C)=Nc2c(CCCC)cc(C)cc2CCCC)n1.[Cl-].[Cl-].[Fe+2]. The van der Waals surface area contributed by atoms with Gasteiger partial charge in [-0.2, -0.15) is 0 Å². The Balaban J connectivity index is 0.00000645. The van der Waals surface area contributed by atoms with E-state index in [9.17, 15) is 0 Å². The van der Waals surface area contributed by atoms with Crippen molar-refractivity contribution < 1.29 is 41.9 Å². The fourth-order valence-corrected chi connectivity index (χ4v) is 5.67. The molecule has 248 valence electrons. The summed E-state index contributed by atoms with van der Waals surface area (Å²) in [4.78, 5) is 15.7. The van der Waals surface area contributed by atoms with Gasteiger partial charge in [-0.3, -0.25) is 9.98 Å². The predicted octanol–water partition coefficient (Wildman–Crippen LogP) is 5.36. The van der Waals surface area contributed by atoms with E-state index in [1.807, 2.05) is 0 Å². The van der Waals surface area contributed by atoms with Gasteiger partial charge in [-0.05, 0) is 113 Å². The van der Waals surface area contributed by atoms with E-state index >= 15 is 0 Å². The smallest absolute Gasteiger partial charge is 1.00 e. The van der Waals surface area contributed by atoms with Crippen LogP contribution < -0.4 is 24.8 Å². The molecule has 0 atom stereocenters. The van der Waals surface area contributed by atoms with Crippen LogP contribution in [0.4, 0.5) is 11.4 Å². The van der Waals surface area contributed by atoms with Crippen molar-refractivity contribution in [2.75, 3.05) is 0 Å². The largest absolute Gasteiger partial charge is 2.00 e. The maximum absolute atomic E-state index is 5.28. The molecule has 1 heterocycles. The quantitative estimate of drug-likeness (QED) is 0.147. The van der Waals surface area contributed by atoms with Crippen molar-refractivity contribution in [3.63, 3.8) is 0 Å². The number of aromatic nitrogens is 1. The van der Waals surface area contributed by atoms with Crippen molar-refractivity contribution in [1.29, 1.82) is 0 Å². The molecule has 3 rings (SSSR count). The molecule has 1 aromatic heterocycles. The molecule has 3 aromatic rings. The van der Waals surface area contributed by atoms with Crippen LogP contribution in [0.1, 0.15) is 138 Å². The first-order chi connectivity index (χ1) is 20.3. The summed E-state index contributed by atoms with van der Waals surface area (Å²) in [5, 5.41) is 0. The maximum atomic E-state index is 5.28. The topological polar surface area (TPSA) is 37.6 Å². The van der Waals surface area contributed by atoms with E-state index in [0.29, 0.717) is 0 Å². The Morgan fingerprint density at radius 1 is 0.556 bits per heavy atom. The number of nitrogens with zero attached hydrogens (tertiary/aromatic N) is 3. The summed E-state index contributed by atoms with van der Waals surface area (Å²) < 4.78 is 0. The number of unbranched alkanes of at least 4 members (excludes halogenated alkanes) is 4. The average molecular weight is 693 g/mol. The van der Waals surface area contributed by atoms with E-state index in [4.69, 9.17) is 15.0 Å². The number of hydrogen-bond donors (Lipinski definition) is 0. The molecule has 0 saturated heterocycles. The van der Waals surface area contributed by atoms with Crippen molar-refractivity contribution in [2.24, 2.45) is 9.98 Å². The van der Waals surface area contributed by atoms with Crippen LogP contribution in [0.2, 0.25) is 0 Å². The number of benzene rings is 2. The summed E-state index contributed by atoms with van der Waals surface area (Å²) in [5.41, 5.74) is 14.3. The van der Waals surface area contributed by atoms with Gasteiger partial charge in [-0.15, -0.1) is 0 Å². The number of hydrogen-bond acceptors (Lipinski definition) is 3. The summed E-state index contributed by atoms with van der Waals surface area (Å²) in [6.07, 6.45) is 13.7. The number of aliphatic imine (C=N–C) groups is 2. The second-order valence-corrected chi connectivity index (χ2v) is 12.1. The molecule has 0 aliphatic heterocycles. The summed E-state index contributed by atoms with van der Waals surface area (Å²) in [6, 6.07) is 15.6. The van der Waals surface area contributed by atoms with Gasteiger partial charge in [0.15, 0.2) is 0 Å². The van der Waals surface area contributed by atoms with Gasteiger partial charge < -0.3 is 24.8 Å². The molecule has 0 spiro atoms. The van der Waals surface area contributed by atoms with Crippen LogP contribution in [-0.4, -0.2) is 16.4 Å². The van der Waals surface area contributed by atoms with Crippen molar-refractivity contribution in [1.82, 2.24) is 4.98 Å². The summed E-state index contributed by atoms with van der Waals surface area (Å²) in [6.45, 7) is 17.7. The molecule has 2 aromatic carbocycles. The molecule has 0 radical (unpaired) electrons. The van der Waals surface area contributed by atoms with Crippen LogP contribution in [0, 0.1) is 13.8 Å². The maximum Gasteiger partial charge on any atom is 2.00 e. The fourth-order valence-electron chi connectivity index (χ4n) is 5.67. The Hall–Kier alpha value is -1.97. The molecular weight excluding hydrogens is 637 g/mol. The Labute approximate surface area is 297 Å². The standard InChI is InChI=1S/C39H55N3.2ClH.Fe/c1-9-13-18-32-24-28(5)25-33(19-14-10-2)38(32)40-30(7)36-22-17-23-37(42-36)31(8)41-39-34(20-15-11-3)26-29(6)27-35(39)21-16-12-4;;;/h17,22-27H,9-16,18-21H2,1-8H3;2*1H;/q;;;+2/p-2. The van der Waals surface area contributed by atoms with Crippen molar-refractivity contribution in [2.45, 2.75) is 132 Å². The van der Waals surface area contributed by atoms with Gasteiger partial charge in [0.1, 0.15) is 0 Å². The molecule has 0 unspecified atom stereocenters. The van der Waals surface area contributed by atoms with E-state index in [0.717, 1.165) is 48.5 Å². The fraction of sp³-hybridized carbons (Fsp3) is 0.513. The first-order valence-corrected chi connectivity index (χ1v) is 16.6. The van der Waals surface area contributed by atoms with Gasteiger partial charge in [0.05, 0.1) is 34.2 Å². The first kappa shape index (κ1) is 43.0. The molecule has 6 heteroatoms. The van der Waals surface area contributed by atoms with Gasteiger partial charge in [0.2, 0.25) is 0 Å². The average Bonchev–Trinajstić information content (AvgIpc) is 2.98. The second kappa shape index (κ2) is 22.5. The molecule has 0 amide bonds. The summed E-state index contributed by atoms with van der Waals surface area (Å²) >= 11 is 0. The van der Waals surface area contributed by atoms with Crippen LogP contribution in [0.3, 0.4) is 0 Å². The van der Waals surface area contributed by atoms with Gasteiger partial charge in [-0.25, -0.2) is 4.98 Å².